The zero-order valence-electron chi connectivity index (χ0n) is 13.1. The number of nitrogens with zero attached hydrogens (tertiary/aromatic N) is 1. The molecule has 6 heteroatoms. The zero-order chi connectivity index (χ0) is 17.0. The predicted octanol–water partition coefficient (Wildman–Crippen LogP) is 4.37. The third-order valence-corrected chi connectivity index (χ3v) is 3.95. The van der Waals surface area contributed by atoms with Crippen LogP contribution in [-0.4, -0.2) is 15.9 Å². The summed E-state index contributed by atoms with van der Waals surface area (Å²) in [6, 6.07) is 10.8. The van der Waals surface area contributed by atoms with Gasteiger partial charge in [0.15, 0.2) is 5.11 Å². The Bertz CT molecular complexity index is 774. The van der Waals surface area contributed by atoms with Crippen LogP contribution in [0.3, 0.4) is 0 Å². The lowest BCUT2D eigenvalue weighted by Gasteiger charge is -2.12. The molecule has 0 aliphatic rings. The first-order valence-corrected chi connectivity index (χ1v) is 7.83. The molecule has 0 saturated carbocycles. The normalized spacial score (nSPS) is 11.2. The van der Waals surface area contributed by atoms with Gasteiger partial charge in [0, 0.05) is 16.3 Å². The summed E-state index contributed by atoms with van der Waals surface area (Å²) in [6.07, 6.45) is 0. The van der Waals surface area contributed by atoms with E-state index in [2.05, 4.69) is 15.8 Å². The highest BCUT2D eigenvalue weighted by molar-refractivity contribution is 7.80. The Labute approximate surface area is 146 Å². The van der Waals surface area contributed by atoms with Crippen LogP contribution in [-0.2, 0) is 0 Å². The van der Waals surface area contributed by atoms with Crippen molar-refractivity contribution in [3.05, 3.63) is 58.1 Å². The van der Waals surface area contributed by atoms with E-state index in [0.717, 1.165) is 11.3 Å². The average Bonchev–Trinajstić information content (AvgIpc) is 2.52. The van der Waals surface area contributed by atoms with Gasteiger partial charge in [0.05, 0.1) is 5.71 Å². The summed E-state index contributed by atoms with van der Waals surface area (Å²) in [5.41, 5.74) is 7.15. The molecule has 0 aliphatic heterocycles. The minimum Gasteiger partial charge on any atom is -0.507 e. The molecule has 2 aromatic carbocycles. The van der Waals surface area contributed by atoms with Crippen LogP contribution in [0, 0.1) is 13.8 Å². The third kappa shape index (κ3) is 4.43. The van der Waals surface area contributed by atoms with E-state index in [1.54, 1.807) is 19.1 Å². The second-order valence-corrected chi connectivity index (χ2v) is 6.02. The second kappa shape index (κ2) is 7.44. The van der Waals surface area contributed by atoms with E-state index in [4.69, 9.17) is 23.8 Å². The summed E-state index contributed by atoms with van der Waals surface area (Å²) in [7, 11) is 0. The van der Waals surface area contributed by atoms with Crippen LogP contribution in [0.2, 0.25) is 5.02 Å². The second-order valence-electron chi connectivity index (χ2n) is 5.17. The van der Waals surface area contributed by atoms with E-state index < -0.39 is 0 Å². The molecular formula is C17H18ClN3OS. The highest BCUT2D eigenvalue weighted by atomic mass is 35.5. The van der Waals surface area contributed by atoms with E-state index in [1.807, 2.05) is 32.0 Å². The van der Waals surface area contributed by atoms with Crippen LogP contribution in [0.1, 0.15) is 23.6 Å². The van der Waals surface area contributed by atoms with Gasteiger partial charge in [-0.25, -0.2) is 0 Å². The molecule has 0 aliphatic carbocycles. The number of aromatic hydroxyl groups is 1. The standard InChI is InChI=1S/C17H18ClN3OS/c1-10-5-4-6-15(11(10)2)19-17(23)21-20-12(3)14-9-13(18)7-8-16(14)22/h4-9,22H,1-3H3,(H2,19,21,23)/b20-12+. The molecule has 3 N–H and O–H groups in total. The number of benzene rings is 2. The number of thiocarbonyl (C=S) groups is 1. The maximum absolute atomic E-state index is 9.86. The maximum Gasteiger partial charge on any atom is 0.191 e. The number of anilines is 1. The Kier molecular flexibility index (Phi) is 5.58. The molecule has 0 fully saturated rings. The Morgan fingerprint density at radius 3 is 2.70 bits per heavy atom. The van der Waals surface area contributed by atoms with Crippen LogP contribution in [0.5, 0.6) is 5.75 Å². The predicted molar refractivity (Wildman–Crippen MR) is 101 cm³/mol. The zero-order valence-corrected chi connectivity index (χ0v) is 14.7. The molecular weight excluding hydrogens is 330 g/mol. The summed E-state index contributed by atoms with van der Waals surface area (Å²) in [5, 5.41) is 18.1. The van der Waals surface area contributed by atoms with Crippen molar-refractivity contribution in [1.29, 1.82) is 0 Å². The number of nitrogens with one attached hydrogen (secondary N) is 2. The van der Waals surface area contributed by atoms with E-state index in [9.17, 15) is 5.11 Å². The molecule has 0 saturated heterocycles. The molecule has 2 aromatic rings. The minimum absolute atomic E-state index is 0.117. The first-order valence-electron chi connectivity index (χ1n) is 7.05. The number of phenols is 1. The van der Waals surface area contributed by atoms with Crippen molar-refractivity contribution < 1.29 is 5.11 Å². The monoisotopic (exact) mass is 347 g/mol. The summed E-state index contributed by atoms with van der Waals surface area (Å²) in [6.45, 7) is 5.83. The summed E-state index contributed by atoms with van der Waals surface area (Å²) < 4.78 is 0. The average molecular weight is 348 g/mol. The van der Waals surface area contributed by atoms with Gasteiger partial charge in [-0.05, 0) is 68.4 Å². The van der Waals surface area contributed by atoms with Crippen molar-refractivity contribution in [3.63, 3.8) is 0 Å². The molecule has 23 heavy (non-hydrogen) atoms. The Morgan fingerprint density at radius 1 is 1.22 bits per heavy atom. The van der Waals surface area contributed by atoms with Gasteiger partial charge in [-0.1, -0.05) is 23.7 Å². The van der Waals surface area contributed by atoms with Crippen molar-refractivity contribution in [3.8, 4) is 5.75 Å². The molecule has 0 aromatic heterocycles. The lowest BCUT2D eigenvalue weighted by Crippen LogP contribution is -2.25. The molecule has 0 bridgehead atoms. The first-order chi connectivity index (χ1) is 10.9. The molecule has 0 unspecified atom stereocenters. The summed E-state index contributed by atoms with van der Waals surface area (Å²) >= 11 is 11.2. The number of hydrazone groups is 1. The lowest BCUT2D eigenvalue weighted by atomic mass is 10.1. The smallest absolute Gasteiger partial charge is 0.191 e. The molecule has 2 rings (SSSR count). The highest BCUT2D eigenvalue weighted by Crippen LogP contribution is 2.22. The number of halogens is 1. The van der Waals surface area contributed by atoms with Gasteiger partial charge in [-0.15, -0.1) is 0 Å². The Morgan fingerprint density at radius 2 is 1.96 bits per heavy atom. The van der Waals surface area contributed by atoms with Gasteiger partial charge in [0.25, 0.3) is 0 Å². The van der Waals surface area contributed by atoms with E-state index in [0.29, 0.717) is 21.4 Å². The molecule has 120 valence electrons. The Balaban J connectivity index is 2.08. The summed E-state index contributed by atoms with van der Waals surface area (Å²) in [4.78, 5) is 0. The van der Waals surface area contributed by atoms with Crippen LogP contribution >= 0.6 is 23.8 Å². The number of hydrogen-bond donors (Lipinski definition) is 3. The quantitative estimate of drug-likeness (QED) is 0.438. The number of rotatable bonds is 3. The number of aryl methyl sites for hydroxylation is 1. The Hall–Kier alpha value is -2.11. The van der Waals surface area contributed by atoms with Crippen molar-refractivity contribution in [2.45, 2.75) is 20.8 Å². The van der Waals surface area contributed by atoms with Crippen molar-refractivity contribution in [2.75, 3.05) is 5.32 Å². The molecule has 0 atom stereocenters. The number of phenolic OH excluding ortho intramolecular Hbond substituents is 1. The molecule has 4 nitrogen and oxygen atoms in total. The maximum atomic E-state index is 9.86. The van der Waals surface area contributed by atoms with Gasteiger partial charge in [0.1, 0.15) is 5.75 Å². The molecule has 0 heterocycles. The van der Waals surface area contributed by atoms with Crippen LogP contribution < -0.4 is 10.7 Å². The van der Waals surface area contributed by atoms with Gasteiger partial charge >= 0.3 is 0 Å². The van der Waals surface area contributed by atoms with Gasteiger partial charge in [-0.3, -0.25) is 5.43 Å². The van der Waals surface area contributed by atoms with Crippen molar-refractivity contribution in [2.24, 2.45) is 5.10 Å². The van der Waals surface area contributed by atoms with E-state index in [-0.39, 0.29) is 5.75 Å². The van der Waals surface area contributed by atoms with Gasteiger partial charge < -0.3 is 10.4 Å². The lowest BCUT2D eigenvalue weighted by molar-refractivity contribution is 0.474. The van der Waals surface area contributed by atoms with Gasteiger partial charge in [-0.2, -0.15) is 5.10 Å². The van der Waals surface area contributed by atoms with E-state index >= 15 is 0 Å². The fraction of sp³-hybridized carbons (Fsp3) is 0.176. The highest BCUT2D eigenvalue weighted by Gasteiger charge is 2.06. The molecule has 0 radical (unpaired) electrons. The summed E-state index contributed by atoms with van der Waals surface area (Å²) in [5.74, 6) is 0.117. The largest absolute Gasteiger partial charge is 0.507 e. The fourth-order valence-corrected chi connectivity index (χ4v) is 2.36. The van der Waals surface area contributed by atoms with Gasteiger partial charge in [0.2, 0.25) is 0 Å². The fourth-order valence-electron chi connectivity index (χ4n) is 2.03. The number of hydrogen-bond acceptors (Lipinski definition) is 3. The van der Waals surface area contributed by atoms with Crippen molar-refractivity contribution in [1.82, 2.24) is 5.43 Å². The topological polar surface area (TPSA) is 56.7 Å². The SMILES string of the molecule is C/C(=N\NC(=S)Nc1cccc(C)c1C)c1cc(Cl)ccc1O. The first kappa shape index (κ1) is 17.2. The van der Waals surface area contributed by atoms with Crippen molar-refractivity contribution >= 4 is 40.3 Å². The van der Waals surface area contributed by atoms with Crippen LogP contribution in [0.25, 0.3) is 0 Å². The van der Waals surface area contributed by atoms with E-state index in [1.165, 1.54) is 11.6 Å². The third-order valence-electron chi connectivity index (χ3n) is 3.53. The molecule has 0 amide bonds. The minimum atomic E-state index is 0.117. The van der Waals surface area contributed by atoms with Crippen LogP contribution in [0.15, 0.2) is 41.5 Å². The molecule has 0 spiro atoms. The van der Waals surface area contributed by atoms with Crippen LogP contribution in [0.4, 0.5) is 5.69 Å².